The molecule has 3 heterocycles. The van der Waals surface area contributed by atoms with Crippen LogP contribution in [0.15, 0.2) is 125 Å². The zero-order valence-corrected chi connectivity index (χ0v) is 28.8. The predicted molar refractivity (Wildman–Crippen MR) is 190 cm³/mol. The summed E-state index contributed by atoms with van der Waals surface area (Å²) in [6.45, 7) is 22.0. The quantitative estimate of drug-likeness (QED) is 0.153. The summed E-state index contributed by atoms with van der Waals surface area (Å²) in [6, 6.07) is 27.0. The van der Waals surface area contributed by atoms with E-state index in [1.165, 1.54) is 41.2 Å². The van der Waals surface area contributed by atoms with E-state index in [0.29, 0.717) is 28.4 Å². The van der Waals surface area contributed by atoms with Gasteiger partial charge in [0.25, 0.3) is 5.56 Å². The van der Waals surface area contributed by atoms with Crippen molar-refractivity contribution in [2.45, 2.75) is 14.4 Å². The number of aromatic nitrogens is 3. The van der Waals surface area contributed by atoms with Crippen molar-refractivity contribution >= 4 is 42.3 Å². The Kier molecular flexibility index (Phi) is 25.7. The molecular weight excluding hydrogens is 638 g/mol. The molecule has 2 aromatic carbocycles. The van der Waals surface area contributed by atoms with Crippen LogP contribution in [0.25, 0.3) is 20.2 Å². The third-order valence-electron chi connectivity index (χ3n) is 5.11. The molecule has 0 saturated heterocycles. The molecular formula is C34H34BN6NaO5S. The molecule has 11 nitrogen and oxygen atoms in total. The average molecular weight is 673 g/mol. The topological polar surface area (TPSA) is 131 Å². The van der Waals surface area contributed by atoms with Crippen LogP contribution in [-0.2, 0) is 12.6 Å². The van der Waals surface area contributed by atoms with Crippen LogP contribution in [0, 0.1) is 19.7 Å². The van der Waals surface area contributed by atoms with Gasteiger partial charge in [0, 0.05) is 24.3 Å². The second-order valence-electron chi connectivity index (χ2n) is 8.31. The maximum absolute atomic E-state index is 11.5. The van der Waals surface area contributed by atoms with Gasteiger partial charge in [-0.05, 0) is 54.0 Å². The first-order valence-electron chi connectivity index (χ1n) is 13.3. The Hall–Kier alpha value is -4.91. The number of para-hydroxylation sites is 1. The number of ether oxygens (including phenoxy) is 1. The van der Waals surface area contributed by atoms with Crippen molar-refractivity contribution in [2.24, 2.45) is 0 Å². The van der Waals surface area contributed by atoms with E-state index in [0.717, 1.165) is 11.4 Å². The first kappa shape index (κ1) is 45.2. The van der Waals surface area contributed by atoms with Gasteiger partial charge in [-0.2, -0.15) is 5.75 Å². The predicted octanol–water partition coefficient (Wildman–Crippen LogP) is 2.51. The molecule has 0 unspecified atom stereocenters. The Morgan fingerprint density at radius 3 is 1.77 bits per heavy atom. The number of hydrogen-bond donors (Lipinski definition) is 3. The van der Waals surface area contributed by atoms with E-state index < -0.39 is 7.12 Å². The average Bonchev–Trinajstić information content (AvgIpc) is 3.11. The molecule has 5 aromatic rings. The van der Waals surface area contributed by atoms with Crippen LogP contribution in [0.2, 0.25) is 0 Å². The molecule has 3 aromatic heterocycles. The van der Waals surface area contributed by atoms with E-state index in [2.05, 4.69) is 37.1 Å². The number of H-pyrrole nitrogens is 1. The van der Waals surface area contributed by atoms with Gasteiger partial charge in [-0.1, -0.05) is 62.9 Å². The summed E-state index contributed by atoms with van der Waals surface area (Å²) in [5.74, 6) is 1.37. The Bertz CT molecular complexity index is 1820. The van der Waals surface area contributed by atoms with Gasteiger partial charge in [0.1, 0.15) is 0 Å². The van der Waals surface area contributed by atoms with Gasteiger partial charge in [-0.3, -0.25) is 14.2 Å². The molecule has 48 heavy (non-hydrogen) atoms. The summed E-state index contributed by atoms with van der Waals surface area (Å²) < 4.78 is 6.27. The molecule has 0 amide bonds. The smallest absolute Gasteiger partial charge is 0.793 e. The fraction of sp³-hybridized carbons (Fsp3) is 0.118. The normalized spacial score (nSPS) is 8.38. The van der Waals surface area contributed by atoms with Gasteiger partial charge in [-0.15, -0.1) is 0 Å². The van der Waals surface area contributed by atoms with Crippen molar-refractivity contribution in [1.29, 1.82) is 0 Å². The van der Waals surface area contributed by atoms with Gasteiger partial charge in [-0.25, -0.2) is 19.5 Å². The molecule has 0 bridgehead atoms. The van der Waals surface area contributed by atoms with Crippen molar-refractivity contribution in [3.8, 4) is 11.6 Å². The molecule has 0 fully saturated rings. The van der Waals surface area contributed by atoms with Gasteiger partial charge < -0.3 is 32.4 Å². The summed E-state index contributed by atoms with van der Waals surface area (Å²) in [5.41, 5.74) is 2.43. The zero-order chi connectivity index (χ0) is 34.2. The van der Waals surface area contributed by atoms with Crippen LogP contribution in [0.1, 0.15) is 14.4 Å². The van der Waals surface area contributed by atoms with E-state index >= 15 is 0 Å². The van der Waals surface area contributed by atoms with Gasteiger partial charge in [0.05, 0.1) is 26.8 Å². The zero-order valence-electron chi connectivity index (χ0n) is 26.0. The number of nitrogens with one attached hydrogen (secondary N) is 1. The first-order chi connectivity index (χ1) is 22.2. The molecule has 0 aliphatic rings. The molecule has 0 aliphatic carbocycles. The summed E-state index contributed by atoms with van der Waals surface area (Å²) in [7, 11) is 0.200. The van der Waals surface area contributed by atoms with Crippen molar-refractivity contribution in [3.63, 3.8) is 0 Å². The molecule has 14 heteroatoms. The molecule has 0 saturated carbocycles. The Morgan fingerprint density at radius 1 is 0.833 bits per heavy atom. The SMILES string of the molecule is C.CC[S-].OB(O)c1ccccc1.[C-]#[N+]c1ccc(=O)[nH]c1.[C-]#[N+]c1ccc(=O)n(-c2ccccc2)c1.[C-]#[N+]c1ccc(OC)nc1.[Na+]. The van der Waals surface area contributed by atoms with Crippen molar-refractivity contribution in [1.82, 2.24) is 14.5 Å². The molecule has 0 spiro atoms. The largest absolute Gasteiger partial charge is 1.00 e. The fourth-order valence-electron chi connectivity index (χ4n) is 2.99. The van der Waals surface area contributed by atoms with Crippen molar-refractivity contribution in [3.05, 3.63) is 171 Å². The molecule has 5 rings (SSSR count). The summed E-state index contributed by atoms with van der Waals surface area (Å²) in [4.78, 5) is 37.7. The number of hydrogen-bond acceptors (Lipinski definition) is 7. The number of benzene rings is 2. The van der Waals surface area contributed by atoms with Crippen molar-refractivity contribution in [2.75, 3.05) is 12.9 Å². The van der Waals surface area contributed by atoms with E-state index in [4.69, 9.17) is 34.5 Å². The van der Waals surface area contributed by atoms with Crippen LogP contribution in [0.3, 0.4) is 0 Å². The molecule has 0 radical (unpaired) electrons. The standard InChI is InChI=1S/C12H8N2O.C7H6N2O.C6H7BO2.C6H4N2O.C2H6S.CH4.Na/c1-13-10-7-8-12(15)14(9-10)11-5-3-2-4-6-11;1-8-6-3-4-7(10-2)9-5-6;8-7(9)6-4-2-1-3-5-6;1-7-5-2-3-6(9)8-4-5;1-2-3;;/h2-9H;3-5H,2H3;1-5,8-9H;2-4H,(H,8,9);3H,2H2,1H3;1H4;/q;;;;;;+1/p-1. The maximum Gasteiger partial charge on any atom is 1.00 e. The van der Waals surface area contributed by atoms with Crippen LogP contribution >= 0.6 is 0 Å². The van der Waals surface area contributed by atoms with E-state index in [-0.39, 0.29) is 48.1 Å². The molecule has 3 N–H and O–H groups in total. The minimum atomic E-state index is -1.34. The Balaban J connectivity index is 0. The number of nitrogens with zero attached hydrogens (tertiary/aromatic N) is 5. The number of aromatic amines is 1. The van der Waals surface area contributed by atoms with Gasteiger partial charge in [0.15, 0.2) is 0 Å². The molecule has 0 atom stereocenters. The van der Waals surface area contributed by atoms with E-state index in [1.807, 2.05) is 43.3 Å². The summed E-state index contributed by atoms with van der Waals surface area (Å²) in [6.07, 6.45) is 4.41. The minimum absolute atomic E-state index is 0. The molecule has 240 valence electrons. The van der Waals surface area contributed by atoms with Gasteiger partial charge >= 0.3 is 36.7 Å². The van der Waals surface area contributed by atoms with Crippen LogP contribution in [0.4, 0.5) is 17.1 Å². The number of pyridine rings is 3. The Labute approximate surface area is 308 Å². The fourth-order valence-corrected chi connectivity index (χ4v) is 2.99. The number of rotatable bonds is 3. The van der Waals surface area contributed by atoms with Crippen LogP contribution in [-0.4, -0.2) is 44.6 Å². The van der Waals surface area contributed by atoms with Crippen molar-refractivity contribution < 1.29 is 44.3 Å². The summed E-state index contributed by atoms with van der Waals surface area (Å²) in [5, 5.41) is 17.2. The van der Waals surface area contributed by atoms with E-state index in [9.17, 15) is 9.59 Å². The third-order valence-corrected chi connectivity index (χ3v) is 5.11. The van der Waals surface area contributed by atoms with E-state index in [1.54, 1.807) is 49.7 Å². The first-order valence-corrected chi connectivity index (χ1v) is 13.9. The second-order valence-corrected chi connectivity index (χ2v) is 8.89. The van der Waals surface area contributed by atoms with Gasteiger partial charge in [0.2, 0.25) is 28.5 Å². The molecule has 0 aliphatic heterocycles. The second kappa shape index (κ2) is 27.2. The van der Waals surface area contributed by atoms with Crippen LogP contribution in [0.5, 0.6) is 5.88 Å². The number of methoxy groups -OCH3 is 1. The maximum atomic E-state index is 11.5. The van der Waals surface area contributed by atoms with Crippen LogP contribution < -0.4 is 50.9 Å². The minimum Gasteiger partial charge on any atom is -0.793 e. The Morgan fingerprint density at radius 2 is 1.35 bits per heavy atom. The third kappa shape index (κ3) is 18.3. The summed E-state index contributed by atoms with van der Waals surface area (Å²) >= 11 is 4.39. The monoisotopic (exact) mass is 672 g/mol.